The molecule has 2 heterocycles. The maximum atomic E-state index is 12.1. The van der Waals surface area contributed by atoms with Crippen LogP contribution in [-0.2, 0) is 24.3 Å². The Kier molecular flexibility index (Phi) is 5.11. The summed E-state index contributed by atoms with van der Waals surface area (Å²) < 4.78 is 2.01. The minimum atomic E-state index is 0.0482. The largest absolute Gasteiger partial charge is 0.352 e. The number of thiophene rings is 1. The molecule has 0 saturated carbocycles. The van der Waals surface area contributed by atoms with Crippen molar-refractivity contribution in [3.63, 3.8) is 0 Å². The molecule has 124 valence electrons. The van der Waals surface area contributed by atoms with E-state index in [2.05, 4.69) is 29.5 Å². The minimum Gasteiger partial charge on any atom is -0.352 e. The molecule has 0 unspecified atom stereocenters. The van der Waals surface area contributed by atoms with Crippen molar-refractivity contribution in [1.82, 2.24) is 15.1 Å². The highest BCUT2D eigenvalue weighted by molar-refractivity contribution is 7.10. The highest BCUT2D eigenvalue weighted by atomic mass is 32.1. The second kappa shape index (κ2) is 7.45. The van der Waals surface area contributed by atoms with Gasteiger partial charge in [0.05, 0.1) is 18.7 Å². The molecule has 5 heteroatoms. The maximum Gasteiger partial charge on any atom is 0.225 e. The van der Waals surface area contributed by atoms with Gasteiger partial charge in [0.25, 0.3) is 0 Å². The van der Waals surface area contributed by atoms with Crippen molar-refractivity contribution in [3.05, 3.63) is 75.2 Å². The number of hydrogen-bond donors (Lipinski definition) is 1. The third-order valence-corrected chi connectivity index (χ3v) is 4.96. The number of nitrogens with zero attached hydrogens (tertiary/aromatic N) is 2. The molecule has 0 aliphatic heterocycles. The molecule has 0 aliphatic rings. The standard InChI is InChI=1S/C19H21N3OS/c1-14-18(12-20-19(23)11-17-9-6-10-24-17)15(2)22(21-14)13-16-7-4-3-5-8-16/h3-10H,11-13H2,1-2H3,(H,20,23). The summed E-state index contributed by atoms with van der Waals surface area (Å²) >= 11 is 1.61. The van der Waals surface area contributed by atoms with E-state index in [0.717, 1.165) is 28.4 Å². The monoisotopic (exact) mass is 339 g/mol. The number of aryl methyl sites for hydroxylation is 1. The van der Waals surface area contributed by atoms with E-state index in [4.69, 9.17) is 0 Å². The molecule has 0 spiro atoms. The summed E-state index contributed by atoms with van der Waals surface area (Å²) in [6.45, 7) is 5.33. The average molecular weight is 339 g/mol. The molecule has 0 aliphatic carbocycles. The smallest absolute Gasteiger partial charge is 0.225 e. The van der Waals surface area contributed by atoms with Gasteiger partial charge in [0.2, 0.25) is 5.91 Å². The van der Waals surface area contributed by atoms with Gasteiger partial charge in [-0.05, 0) is 30.9 Å². The molecule has 1 N–H and O–H groups in total. The molecule has 4 nitrogen and oxygen atoms in total. The summed E-state index contributed by atoms with van der Waals surface area (Å²) in [6.07, 6.45) is 0.438. The Morgan fingerprint density at radius 3 is 2.67 bits per heavy atom. The zero-order chi connectivity index (χ0) is 16.9. The van der Waals surface area contributed by atoms with Crippen LogP contribution in [0.25, 0.3) is 0 Å². The molecular formula is C19H21N3OS. The lowest BCUT2D eigenvalue weighted by Crippen LogP contribution is -2.24. The summed E-state index contributed by atoms with van der Waals surface area (Å²) in [7, 11) is 0. The van der Waals surface area contributed by atoms with Gasteiger partial charge in [-0.1, -0.05) is 36.4 Å². The van der Waals surface area contributed by atoms with Crippen molar-refractivity contribution in [1.29, 1.82) is 0 Å². The maximum absolute atomic E-state index is 12.1. The van der Waals surface area contributed by atoms with Crippen LogP contribution >= 0.6 is 11.3 Å². The number of hydrogen-bond acceptors (Lipinski definition) is 3. The fraction of sp³-hybridized carbons (Fsp3) is 0.263. The van der Waals surface area contributed by atoms with Gasteiger partial charge in [0.1, 0.15) is 0 Å². The molecule has 2 aromatic heterocycles. The van der Waals surface area contributed by atoms with E-state index in [1.165, 1.54) is 5.56 Å². The predicted octanol–water partition coefficient (Wildman–Crippen LogP) is 3.47. The van der Waals surface area contributed by atoms with Crippen molar-refractivity contribution < 1.29 is 4.79 Å². The molecule has 0 bridgehead atoms. The Labute approximate surface area is 146 Å². The molecule has 24 heavy (non-hydrogen) atoms. The first-order valence-electron chi connectivity index (χ1n) is 7.99. The Morgan fingerprint density at radius 1 is 1.17 bits per heavy atom. The Morgan fingerprint density at radius 2 is 1.96 bits per heavy atom. The van der Waals surface area contributed by atoms with Gasteiger partial charge in [-0.2, -0.15) is 5.10 Å². The van der Waals surface area contributed by atoms with Crippen molar-refractivity contribution in [3.8, 4) is 0 Å². The number of nitrogens with one attached hydrogen (secondary N) is 1. The summed E-state index contributed by atoms with van der Waals surface area (Å²) in [6, 6.07) is 14.2. The van der Waals surface area contributed by atoms with E-state index in [0.29, 0.717) is 13.0 Å². The zero-order valence-corrected chi connectivity index (χ0v) is 14.8. The number of carbonyl (C=O) groups excluding carboxylic acids is 1. The van der Waals surface area contributed by atoms with Gasteiger partial charge >= 0.3 is 0 Å². The first-order valence-corrected chi connectivity index (χ1v) is 8.87. The fourth-order valence-corrected chi connectivity index (χ4v) is 3.42. The van der Waals surface area contributed by atoms with Crippen LogP contribution in [0.4, 0.5) is 0 Å². The first-order chi connectivity index (χ1) is 11.6. The Hall–Kier alpha value is -2.40. The molecule has 3 rings (SSSR count). The number of rotatable bonds is 6. The lowest BCUT2D eigenvalue weighted by molar-refractivity contribution is -0.120. The van der Waals surface area contributed by atoms with E-state index < -0.39 is 0 Å². The van der Waals surface area contributed by atoms with Crippen molar-refractivity contribution in [2.75, 3.05) is 0 Å². The van der Waals surface area contributed by atoms with Crippen molar-refractivity contribution in [2.24, 2.45) is 0 Å². The van der Waals surface area contributed by atoms with Crippen LogP contribution in [0, 0.1) is 13.8 Å². The van der Waals surface area contributed by atoms with Gasteiger partial charge in [-0.25, -0.2) is 0 Å². The molecule has 0 atom stereocenters. The van der Waals surface area contributed by atoms with Crippen LogP contribution in [0.3, 0.4) is 0 Å². The van der Waals surface area contributed by atoms with Crippen LogP contribution in [-0.4, -0.2) is 15.7 Å². The van der Waals surface area contributed by atoms with Crippen molar-refractivity contribution >= 4 is 17.2 Å². The topological polar surface area (TPSA) is 46.9 Å². The minimum absolute atomic E-state index is 0.0482. The van der Waals surface area contributed by atoms with Gasteiger partial charge in [-0.3, -0.25) is 9.48 Å². The normalized spacial score (nSPS) is 10.8. The van der Waals surface area contributed by atoms with E-state index in [-0.39, 0.29) is 5.91 Å². The lowest BCUT2D eigenvalue weighted by Gasteiger charge is -2.07. The molecule has 0 fully saturated rings. The third kappa shape index (κ3) is 3.92. The van der Waals surface area contributed by atoms with Crippen LogP contribution in [0.1, 0.15) is 27.4 Å². The second-order valence-electron chi connectivity index (χ2n) is 5.83. The fourth-order valence-electron chi connectivity index (χ4n) is 2.72. The zero-order valence-electron chi connectivity index (χ0n) is 14.0. The Bertz CT molecular complexity index is 807. The molecule has 1 amide bonds. The van der Waals surface area contributed by atoms with E-state index in [1.54, 1.807) is 11.3 Å². The predicted molar refractivity (Wildman–Crippen MR) is 97.1 cm³/mol. The summed E-state index contributed by atoms with van der Waals surface area (Å²) in [5.74, 6) is 0.0482. The molecular weight excluding hydrogens is 318 g/mol. The SMILES string of the molecule is Cc1nn(Cc2ccccc2)c(C)c1CNC(=O)Cc1cccs1. The van der Waals surface area contributed by atoms with Gasteiger partial charge in [-0.15, -0.1) is 11.3 Å². The highest BCUT2D eigenvalue weighted by Gasteiger charge is 2.13. The van der Waals surface area contributed by atoms with E-state index in [9.17, 15) is 4.79 Å². The second-order valence-corrected chi connectivity index (χ2v) is 6.86. The van der Waals surface area contributed by atoms with Crippen LogP contribution in [0.5, 0.6) is 0 Å². The quantitative estimate of drug-likeness (QED) is 0.747. The van der Waals surface area contributed by atoms with E-state index >= 15 is 0 Å². The number of benzene rings is 1. The number of amides is 1. The Balaban J connectivity index is 1.64. The summed E-state index contributed by atoms with van der Waals surface area (Å²) in [4.78, 5) is 13.2. The molecule has 1 aromatic carbocycles. The van der Waals surface area contributed by atoms with Gasteiger partial charge in [0, 0.05) is 22.7 Å². The van der Waals surface area contributed by atoms with Crippen LogP contribution in [0.2, 0.25) is 0 Å². The number of aromatic nitrogens is 2. The van der Waals surface area contributed by atoms with Gasteiger partial charge < -0.3 is 5.32 Å². The van der Waals surface area contributed by atoms with Crippen LogP contribution in [0.15, 0.2) is 47.8 Å². The van der Waals surface area contributed by atoms with E-state index in [1.807, 2.05) is 47.3 Å². The lowest BCUT2D eigenvalue weighted by atomic mass is 10.2. The molecule has 0 saturated heterocycles. The molecule has 0 radical (unpaired) electrons. The number of carbonyl (C=O) groups is 1. The average Bonchev–Trinajstić information content (AvgIpc) is 3.16. The van der Waals surface area contributed by atoms with Crippen LogP contribution < -0.4 is 5.32 Å². The third-order valence-electron chi connectivity index (χ3n) is 4.08. The summed E-state index contributed by atoms with van der Waals surface area (Å²) in [5, 5.41) is 9.63. The summed E-state index contributed by atoms with van der Waals surface area (Å²) in [5.41, 5.74) is 4.40. The van der Waals surface area contributed by atoms with Gasteiger partial charge in [0.15, 0.2) is 0 Å². The first kappa shape index (κ1) is 16.5. The molecule has 3 aromatic rings. The highest BCUT2D eigenvalue weighted by Crippen LogP contribution is 2.15. The van der Waals surface area contributed by atoms with Crippen molar-refractivity contribution in [2.45, 2.75) is 33.4 Å².